The van der Waals surface area contributed by atoms with Crippen LogP contribution in [0.5, 0.6) is 0 Å². The largest absolute Gasteiger partial charge is 0.396 e. The number of pyridine rings is 1. The van der Waals surface area contributed by atoms with Crippen LogP contribution in [0.4, 0.5) is 0 Å². The number of nitrogens with zero attached hydrogens (tertiary/aromatic N) is 1. The third kappa shape index (κ3) is 5.17. The van der Waals surface area contributed by atoms with Gasteiger partial charge in [0.15, 0.2) is 0 Å². The first-order valence-corrected chi connectivity index (χ1v) is 7.06. The number of aliphatic hydroxyl groups excluding tert-OH is 1. The zero-order valence-corrected chi connectivity index (χ0v) is 12.2. The van der Waals surface area contributed by atoms with Gasteiger partial charge in [-0.3, -0.25) is 4.79 Å². The molecule has 0 fully saturated rings. The number of aryl methyl sites for hydroxylation is 1. The topological polar surface area (TPSA) is 62.2 Å². The molecule has 5 heteroatoms. The molecule has 0 aromatic carbocycles. The molecule has 0 radical (unpaired) electrons. The van der Waals surface area contributed by atoms with E-state index in [1.165, 1.54) is 0 Å². The molecule has 0 aliphatic rings. The van der Waals surface area contributed by atoms with Crippen LogP contribution in [0, 0.1) is 0 Å². The van der Waals surface area contributed by atoms with Crippen molar-refractivity contribution in [1.82, 2.24) is 10.3 Å². The monoisotopic (exact) mass is 284 g/mol. The molecule has 1 aromatic rings. The van der Waals surface area contributed by atoms with Crippen LogP contribution in [0.3, 0.4) is 0 Å². The van der Waals surface area contributed by atoms with Crippen LogP contribution in [0.25, 0.3) is 0 Å². The van der Waals surface area contributed by atoms with Gasteiger partial charge in [-0.15, -0.1) is 0 Å². The number of carbonyl (C=O) groups excluding carboxylic acids is 1. The van der Waals surface area contributed by atoms with E-state index in [0.717, 1.165) is 25.0 Å². The Morgan fingerprint density at radius 1 is 1.47 bits per heavy atom. The lowest BCUT2D eigenvalue weighted by Gasteiger charge is -2.16. The molecule has 4 nitrogen and oxygen atoms in total. The van der Waals surface area contributed by atoms with Crippen molar-refractivity contribution in [1.29, 1.82) is 0 Å². The average Bonchev–Trinajstić information content (AvgIpc) is 2.37. The summed E-state index contributed by atoms with van der Waals surface area (Å²) >= 11 is 5.93. The fraction of sp³-hybridized carbons (Fsp3) is 0.571. The van der Waals surface area contributed by atoms with Gasteiger partial charge < -0.3 is 10.4 Å². The first-order chi connectivity index (χ1) is 9.10. The van der Waals surface area contributed by atoms with Crippen molar-refractivity contribution >= 4 is 17.5 Å². The molecular formula is C14H21ClN2O2. The van der Waals surface area contributed by atoms with Gasteiger partial charge in [-0.2, -0.15) is 0 Å². The summed E-state index contributed by atoms with van der Waals surface area (Å²) in [7, 11) is 0. The quantitative estimate of drug-likeness (QED) is 0.757. The minimum absolute atomic E-state index is 0.0148. The minimum atomic E-state index is -0.165. The number of aliphatic hydroxyl groups is 1. The van der Waals surface area contributed by atoms with Crippen molar-refractivity contribution in [3.05, 3.63) is 28.5 Å². The number of amides is 1. The molecule has 0 saturated carbocycles. The van der Waals surface area contributed by atoms with E-state index in [2.05, 4.69) is 17.2 Å². The summed E-state index contributed by atoms with van der Waals surface area (Å²) in [5.41, 5.74) is 1.36. The van der Waals surface area contributed by atoms with Gasteiger partial charge in [-0.25, -0.2) is 4.98 Å². The third-order valence-corrected chi connectivity index (χ3v) is 3.11. The first-order valence-electron chi connectivity index (χ1n) is 6.68. The highest BCUT2D eigenvalue weighted by atomic mass is 35.5. The zero-order valence-electron chi connectivity index (χ0n) is 11.4. The third-order valence-electron chi connectivity index (χ3n) is 2.92. The second kappa shape index (κ2) is 8.12. The Kier molecular flexibility index (Phi) is 6.81. The number of rotatable bonds is 7. The smallest absolute Gasteiger partial charge is 0.251 e. The molecule has 19 heavy (non-hydrogen) atoms. The maximum Gasteiger partial charge on any atom is 0.251 e. The van der Waals surface area contributed by atoms with E-state index in [1.54, 1.807) is 12.1 Å². The maximum absolute atomic E-state index is 12.1. The number of aromatic nitrogens is 1. The van der Waals surface area contributed by atoms with E-state index in [0.29, 0.717) is 17.1 Å². The number of halogens is 1. The van der Waals surface area contributed by atoms with E-state index in [9.17, 15) is 4.79 Å². The van der Waals surface area contributed by atoms with Gasteiger partial charge >= 0.3 is 0 Å². The molecule has 1 unspecified atom stereocenters. The van der Waals surface area contributed by atoms with Crippen molar-refractivity contribution < 1.29 is 9.90 Å². The summed E-state index contributed by atoms with van der Waals surface area (Å²) < 4.78 is 0. The molecule has 1 atom stereocenters. The van der Waals surface area contributed by atoms with Crippen LogP contribution in [-0.2, 0) is 6.42 Å². The number of hydrogen-bond acceptors (Lipinski definition) is 3. The number of carbonyl (C=O) groups is 1. The highest BCUT2D eigenvalue weighted by molar-refractivity contribution is 6.29. The summed E-state index contributed by atoms with van der Waals surface area (Å²) in [6, 6.07) is 3.33. The summed E-state index contributed by atoms with van der Waals surface area (Å²) in [6.45, 7) is 4.09. The average molecular weight is 285 g/mol. The van der Waals surface area contributed by atoms with Crippen LogP contribution in [0.1, 0.15) is 49.2 Å². The van der Waals surface area contributed by atoms with E-state index < -0.39 is 0 Å². The van der Waals surface area contributed by atoms with Crippen LogP contribution < -0.4 is 5.32 Å². The minimum Gasteiger partial charge on any atom is -0.396 e. The molecule has 0 aliphatic heterocycles. The highest BCUT2D eigenvalue weighted by Gasteiger charge is 2.13. The fourth-order valence-corrected chi connectivity index (χ4v) is 2.10. The maximum atomic E-state index is 12.1. The molecule has 0 saturated heterocycles. The van der Waals surface area contributed by atoms with E-state index in [1.807, 2.05) is 6.92 Å². The van der Waals surface area contributed by atoms with Gasteiger partial charge in [-0.05, 0) is 31.4 Å². The molecule has 1 aromatic heterocycles. The molecule has 2 N–H and O–H groups in total. The SMILES string of the molecule is CCCc1cc(C(=O)NC(CC)CCO)cc(Cl)n1. The van der Waals surface area contributed by atoms with Crippen LogP contribution in [-0.4, -0.2) is 28.6 Å². The number of hydrogen-bond donors (Lipinski definition) is 2. The molecule has 0 spiro atoms. The van der Waals surface area contributed by atoms with Gasteiger partial charge in [0.2, 0.25) is 0 Å². The van der Waals surface area contributed by atoms with Crippen molar-refractivity contribution in [2.45, 2.75) is 45.6 Å². The highest BCUT2D eigenvalue weighted by Crippen LogP contribution is 2.13. The van der Waals surface area contributed by atoms with Gasteiger partial charge in [0.25, 0.3) is 5.91 Å². The van der Waals surface area contributed by atoms with Crippen molar-refractivity contribution in [2.75, 3.05) is 6.61 Å². The van der Waals surface area contributed by atoms with E-state index in [-0.39, 0.29) is 18.6 Å². The van der Waals surface area contributed by atoms with Gasteiger partial charge in [0.05, 0.1) is 0 Å². The van der Waals surface area contributed by atoms with Gasteiger partial charge in [-0.1, -0.05) is 31.9 Å². The Balaban J connectivity index is 2.80. The standard InChI is InChI=1S/C14H21ClN2O2/c1-3-5-12-8-10(9-13(15)16-12)14(19)17-11(4-2)6-7-18/h8-9,11,18H,3-7H2,1-2H3,(H,17,19). The van der Waals surface area contributed by atoms with Crippen molar-refractivity contribution in [3.63, 3.8) is 0 Å². The lowest BCUT2D eigenvalue weighted by molar-refractivity contribution is 0.0929. The van der Waals surface area contributed by atoms with Crippen LogP contribution in [0.2, 0.25) is 5.15 Å². The molecule has 106 valence electrons. The Labute approximate surface area is 119 Å². The van der Waals surface area contributed by atoms with Crippen LogP contribution in [0.15, 0.2) is 12.1 Å². The molecular weight excluding hydrogens is 264 g/mol. The molecule has 1 amide bonds. The fourth-order valence-electron chi connectivity index (χ4n) is 1.87. The lowest BCUT2D eigenvalue weighted by Crippen LogP contribution is -2.35. The van der Waals surface area contributed by atoms with E-state index in [4.69, 9.17) is 16.7 Å². The number of nitrogens with one attached hydrogen (secondary N) is 1. The lowest BCUT2D eigenvalue weighted by atomic mass is 10.1. The predicted molar refractivity (Wildman–Crippen MR) is 76.5 cm³/mol. The van der Waals surface area contributed by atoms with E-state index >= 15 is 0 Å². The summed E-state index contributed by atoms with van der Waals surface area (Å²) in [5, 5.41) is 12.2. The van der Waals surface area contributed by atoms with Crippen molar-refractivity contribution in [3.8, 4) is 0 Å². The molecule has 1 rings (SSSR count). The summed E-state index contributed by atoms with van der Waals surface area (Å²) in [4.78, 5) is 16.3. The summed E-state index contributed by atoms with van der Waals surface area (Å²) in [5.74, 6) is -0.165. The Bertz CT molecular complexity index is 424. The Morgan fingerprint density at radius 3 is 2.79 bits per heavy atom. The summed E-state index contributed by atoms with van der Waals surface area (Å²) in [6.07, 6.45) is 3.10. The molecule has 1 heterocycles. The molecule has 0 aliphatic carbocycles. The first kappa shape index (κ1) is 15.9. The van der Waals surface area contributed by atoms with Gasteiger partial charge in [0.1, 0.15) is 5.15 Å². The predicted octanol–water partition coefficient (Wildman–Crippen LogP) is 2.58. The zero-order chi connectivity index (χ0) is 14.3. The Hall–Kier alpha value is -1.13. The van der Waals surface area contributed by atoms with Gasteiger partial charge in [0, 0.05) is 23.9 Å². The second-order valence-corrected chi connectivity index (χ2v) is 4.90. The van der Waals surface area contributed by atoms with Crippen LogP contribution >= 0.6 is 11.6 Å². The Morgan fingerprint density at radius 2 is 2.21 bits per heavy atom. The van der Waals surface area contributed by atoms with Crippen molar-refractivity contribution in [2.24, 2.45) is 0 Å². The normalized spacial score (nSPS) is 12.2. The second-order valence-electron chi connectivity index (χ2n) is 4.51. The molecule has 0 bridgehead atoms.